The number of nitrogens with zero attached hydrogens (tertiary/aromatic N) is 1. The van der Waals surface area contributed by atoms with Gasteiger partial charge in [0.2, 0.25) is 11.8 Å². The van der Waals surface area contributed by atoms with Gasteiger partial charge in [-0.2, -0.15) is 0 Å². The standard InChI is InChI=1S/C24H24ClN3O4S2/c1-13-17(25)7-4-8-18(13)27-21(29)12-33-24-28-19-10-9-14(11-20(19)34-24)26-22(30)15-5-2-3-6-16(15)23(31)32/h4,7-11,15-16H,2-3,5-6,12H2,1H3,(H,26,30)(H,27,29)(H,31,32)/t15-,16-/m0/s1. The topological polar surface area (TPSA) is 108 Å². The molecule has 1 aliphatic carbocycles. The van der Waals surface area contributed by atoms with Crippen LogP contribution >= 0.6 is 34.7 Å². The van der Waals surface area contributed by atoms with E-state index in [1.54, 1.807) is 18.2 Å². The van der Waals surface area contributed by atoms with Gasteiger partial charge in [0.15, 0.2) is 4.34 Å². The molecule has 2 amide bonds. The summed E-state index contributed by atoms with van der Waals surface area (Å²) in [5.41, 5.74) is 2.89. The van der Waals surface area contributed by atoms with Gasteiger partial charge in [-0.3, -0.25) is 14.4 Å². The molecule has 1 aromatic heterocycles. The Morgan fingerprint density at radius 1 is 1.15 bits per heavy atom. The molecule has 3 aromatic rings. The van der Waals surface area contributed by atoms with Crippen molar-refractivity contribution in [2.24, 2.45) is 11.8 Å². The molecule has 0 aliphatic heterocycles. The number of carboxylic acid groups (broad SMARTS) is 1. The first-order valence-electron chi connectivity index (χ1n) is 10.9. The Bertz CT molecular complexity index is 1250. The van der Waals surface area contributed by atoms with Crippen LogP contribution in [0, 0.1) is 18.8 Å². The summed E-state index contributed by atoms with van der Waals surface area (Å²) >= 11 is 8.89. The highest BCUT2D eigenvalue weighted by atomic mass is 35.5. The van der Waals surface area contributed by atoms with Crippen molar-refractivity contribution >= 4 is 74.1 Å². The maximum atomic E-state index is 12.8. The highest BCUT2D eigenvalue weighted by Crippen LogP contribution is 2.34. The van der Waals surface area contributed by atoms with E-state index in [9.17, 15) is 19.5 Å². The van der Waals surface area contributed by atoms with E-state index in [4.69, 9.17) is 11.6 Å². The molecule has 0 saturated heterocycles. The number of halogens is 1. The number of thiazole rings is 1. The second-order valence-corrected chi connectivity index (χ2v) is 10.9. The monoisotopic (exact) mass is 517 g/mol. The molecule has 1 fully saturated rings. The maximum Gasteiger partial charge on any atom is 0.307 e. The number of nitrogens with one attached hydrogen (secondary N) is 2. The summed E-state index contributed by atoms with van der Waals surface area (Å²) in [6, 6.07) is 10.8. The molecule has 0 bridgehead atoms. The van der Waals surface area contributed by atoms with Crippen molar-refractivity contribution in [3.8, 4) is 0 Å². The molecule has 1 saturated carbocycles. The van der Waals surface area contributed by atoms with E-state index in [1.807, 2.05) is 25.1 Å². The summed E-state index contributed by atoms with van der Waals surface area (Å²) in [7, 11) is 0. The summed E-state index contributed by atoms with van der Waals surface area (Å²) in [4.78, 5) is 41.2. The second kappa shape index (κ2) is 10.8. The van der Waals surface area contributed by atoms with Gasteiger partial charge in [0.25, 0.3) is 0 Å². The van der Waals surface area contributed by atoms with Crippen molar-refractivity contribution in [2.45, 2.75) is 36.9 Å². The molecule has 3 N–H and O–H groups in total. The number of anilines is 2. The van der Waals surface area contributed by atoms with Crippen molar-refractivity contribution in [3.05, 3.63) is 47.0 Å². The first-order valence-corrected chi connectivity index (χ1v) is 13.1. The molecule has 4 rings (SSSR count). The largest absolute Gasteiger partial charge is 0.481 e. The quantitative estimate of drug-likeness (QED) is 0.341. The minimum absolute atomic E-state index is 0.150. The molecule has 10 heteroatoms. The maximum absolute atomic E-state index is 12.8. The van der Waals surface area contributed by atoms with Crippen LogP contribution < -0.4 is 10.6 Å². The Kier molecular flexibility index (Phi) is 7.75. The average molecular weight is 518 g/mol. The molecule has 1 heterocycles. The van der Waals surface area contributed by atoms with Crippen LogP contribution in [0.25, 0.3) is 10.2 Å². The molecule has 0 spiro atoms. The molecular weight excluding hydrogens is 494 g/mol. The zero-order valence-corrected chi connectivity index (χ0v) is 20.9. The minimum atomic E-state index is -0.908. The first-order chi connectivity index (χ1) is 16.3. The van der Waals surface area contributed by atoms with Crippen LogP contribution in [0.2, 0.25) is 5.02 Å². The lowest BCUT2D eigenvalue weighted by molar-refractivity contribution is -0.147. The SMILES string of the molecule is Cc1c(Cl)cccc1NC(=O)CSc1nc2ccc(NC(=O)[C@H]3CCCC[C@@H]3C(=O)O)cc2s1. The van der Waals surface area contributed by atoms with Crippen molar-refractivity contribution in [3.63, 3.8) is 0 Å². The van der Waals surface area contributed by atoms with Crippen LogP contribution in [0.1, 0.15) is 31.2 Å². The van der Waals surface area contributed by atoms with Gasteiger partial charge in [0.1, 0.15) is 0 Å². The van der Waals surface area contributed by atoms with Gasteiger partial charge in [0, 0.05) is 16.4 Å². The lowest BCUT2D eigenvalue weighted by atomic mass is 9.78. The van der Waals surface area contributed by atoms with Crippen LogP contribution in [0.5, 0.6) is 0 Å². The van der Waals surface area contributed by atoms with Gasteiger partial charge >= 0.3 is 5.97 Å². The highest BCUT2D eigenvalue weighted by molar-refractivity contribution is 8.01. The molecule has 7 nitrogen and oxygen atoms in total. The van der Waals surface area contributed by atoms with Gasteiger partial charge in [-0.1, -0.05) is 42.3 Å². The number of carbonyl (C=O) groups is 3. The molecule has 2 atom stereocenters. The van der Waals surface area contributed by atoms with Crippen molar-refractivity contribution in [1.82, 2.24) is 4.98 Å². The Balaban J connectivity index is 1.38. The number of amides is 2. The number of hydrogen-bond donors (Lipinski definition) is 3. The van der Waals surface area contributed by atoms with Crippen LogP contribution in [0.4, 0.5) is 11.4 Å². The van der Waals surface area contributed by atoms with Gasteiger partial charge < -0.3 is 15.7 Å². The molecule has 1 aliphatic rings. The third-order valence-corrected chi connectivity index (χ3v) is 8.50. The van der Waals surface area contributed by atoms with E-state index in [2.05, 4.69) is 15.6 Å². The summed E-state index contributed by atoms with van der Waals surface area (Å²) in [5.74, 6) is -2.26. The Morgan fingerprint density at radius 3 is 2.68 bits per heavy atom. The van der Waals surface area contributed by atoms with Gasteiger partial charge in [0.05, 0.1) is 27.8 Å². The Morgan fingerprint density at radius 2 is 1.91 bits per heavy atom. The van der Waals surface area contributed by atoms with E-state index in [0.717, 1.165) is 33.0 Å². The molecule has 34 heavy (non-hydrogen) atoms. The lowest BCUT2D eigenvalue weighted by Crippen LogP contribution is -2.36. The zero-order chi connectivity index (χ0) is 24.2. The number of carboxylic acids is 1. The zero-order valence-electron chi connectivity index (χ0n) is 18.5. The van der Waals surface area contributed by atoms with Gasteiger partial charge in [-0.05, 0) is 55.7 Å². The number of aliphatic carboxylic acids is 1. The third kappa shape index (κ3) is 5.71. The van der Waals surface area contributed by atoms with E-state index in [-0.39, 0.29) is 17.6 Å². The van der Waals surface area contributed by atoms with Crippen LogP contribution in [-0.4, -0.2) is 33.6 Å². The molecule has 2 aromatic carbocycles. The number of carbonyl (C=O) groups excluding carboxylic acids is 2. The van der Waals surface area contributed by atoms with Gasteiger partial charge in [-0.15, -0.1) is 11.3 Å². The Labute approximate surface area is 210 Å². The summed E-state index contributed by atoms with van der Waals surface area (Å²) in [6.07, 6.45) is 2.82. The summed E-state index contributed by atoms with van der Waals surface area (Å²) < 4.78 is 1.62. The predicted octanol–water partition coefficient (Wildman–Crippen LogP) is 5.82. The Hall–Kier alpha value is -2.62. The predicted molar refractivity (Wildman–Crippen MR) is 137 cm³/mol. The normalized spacial score (nSPS) is 17.9. The number of benzene rings is 2. The van der Waals surface area contributed by atoms with Crippen molar-refractivity contribution < 1.29 is 19.5 Å². The second-order valence-electron chi connectivity index (χ2n) is 8.24. The van der Waals surface area contributed by atoms with Crippen molar-refractivity contribution in [2.75, 3.05) is 16.4 Å². The fraction of sp³-hybridized carbons (Fsp3) is 0.333. The lowest BCUT2D eigenvalue weighted by Gasteiger charge is -2.27. The van der Waals surface area contributed by atoms with E-state index in [0.29, 0.717) is 29.2 Å². The van der Waals surface area contributed by atoms with Gasteiger partial charge in [-0.25, -0.2) is 4.98 Å². The van der Waals surface area contributed by atoms with E-state index in [1.165, 1.54) is 23.1 Å². The average Bonchev–Trinajstić information content (AvgIpc) is 3.23. The summed E-state index contributed by atoms with van der Waals surface area (Å²) in [5, 5.41) is 15.8. The number of aromatic nitrogens is 1. The number of fused-ring (bicyclic) bond motifs is 1. The fourth-order valence-electron chi connectivity index (χ4n) is 4.07. The third-order valence-electron chi connectivity index (χ3n) is 5.92. The molecular formula is C24H24ClN3O4S2. The molecule has 178 valence electrons. The fourth-order valence-corrected chi connectivity index (χ4v) is 6.16. The van der Waals surface area contributed by atoms with E-state index < -0.39 is 17.8 Å². The van der Waals surface area contributed by atoms with E-state index >= 15 is 0 Å². The van der Waals surface area contributed by atoms with Crippen molar-refractivity contribution in [1.29, 1.82) is 0 Å². The smallest absolute Gasteiger partial charge is 0.307 e. The number of thioether (sulfide) groups is 1. The number of rotatable bonds is 7. The molecule has 0 unspecified atom stereocenters. The van der Waals surface area contributed by atoms with Crippen LogP contribution in [0.3, 0.4) is 0 Å². The number of hydrogen-bond acceptors (Lipinski definition) is 6. The highest BCUT2D eigenvalue weighted by Gasteiger charge is 2.35. The van der Waals surface area contributed by atoms with Crippen LogP contribution in [0.15, 0.2) is 40.7 Å². The molecule has 0 radical (unpaired) electrons. The minimum Gasteiger partial charge on any atom is -0.481 e. The van der Waals surface area contributed by atoms with Crippen LogP contribution in [-0.2, 0) is 14.4 Å². The summed E-state index contributed by atoms with van der Waals surface area (Å²) in [6.45, 7) is 1.85. The first kappa shape index (κ1) is 24.5.